The van der Waals surface area contributed by atoms with E-state index in [1.807, 2.05) is 6.92 Å². The number of rotatable bonds is 4. The lowest BCUT2D eigenvalue weighted by molar-refractivity contribution is 0.0984. The van der Waals surface area contributed by atoms with E-state index in [9.17, 15) is 4.79 Å². The van der Waals surface area contributed by atoms with Gasteiger partial charge >= 0.3 is 0 Å². The van der Waals surface area contributed by atoms with Gasteiger partial charge in [-0.1, -0.05) is 0 Å². The first kappa shape index (κ1) is 10.4. The summed E-state index contributed by atoms with van der Waals surface area (Å²) < 4.78 is 1.69. The Morgan fingerprint density at radius 3 is 2.94 bits per heavy atom. The molecule has 16 heavy (non-hydrogen) atoms. The first-order chi connectivity index (χ1) is 7.81. The van der Waals surface area contributed by atoms with Crippen LogP contribution in [0.4, 0.5) is 0 Å². The van der Waals surface area contributed by atoms with E-state index in [4.69, 9.17) is 0 Å². The Morgan fingerprint density at radius 1 is 1.38 bits per heavy atom. The number of hydrogen-bond donors (Lipinski definition) is 0. The van der Waals surface area contributed by atoms with Crippen LogP contribution in [0.1, 0.15) is 23.2 Å². The molecule has 2 heterocycles. The maximum Gasteiger partial charge on any atom is 0.188 e. The lowest BCUT2D eigenvalue weighted by Gasteiger charge is -2.01. The number of aromatic nitrogens is 5. The monoisotopic (exact) mass is 217 g/mol. The molecule has 0 amide bonds. The van der Waals surface area contributed by atoms with Crippen molar-refractivity contribution in [1.82, 2.24) is 24.7 Å². The Morgan fingerprint density at radius 2 is 2.25 bits per heavy atom. The van der Waals surface area contributed by atoms with Gasteiger partial charge in [-0.05, 0) is 13.0 Å². The third-order valence-electron chi connectivity index (χ3n) is 2.18. The number of Topliss-reactive ketones (excluding diaryl/α,β-unsaturated/α-hetero) is 1. The molecule has 0 saturated carbocycles. The van der Waals surface area contributed by atoms with E-state index in [0.717, 1.165) is 0 Å². The zero-order valence-electron chi connectivity index (χ0n) is 8.87. The fourth-order valence-corrected chi connectivity index (χ4v) is 1.38. The van der Waals surface area contributed by atoms with Crippen molar-refractivity contribution in [2.45, 2.75) is 19.9 Å². The van der Waals surface area contributed by atoms with Crippen LogP contribution in [0, 0.1) is 0 Å². The fourth-order valence-electron chi connectivity index (χ4n) is 1.38. The SMILES string of the molecule is CCn1ncnc1CC(=O)c1ccncn1. The van der Waals surface area contributed by atoms with Crippen LogP contribution in [0.2, 0.25) is 0 Å². The Labute approximate surface area is 92.4 Å². The van der Waals surface area contributed by atoms with Gasteiger partial charge in [-0.2, -0.15) is 5.10 Å². The zero-order valence-corrected chi connectivity index (χ0v) is 8.87. The normalized spacial score (nSPS) is 10.3. The van der Waals surface area contributed by atoms with Gasteiger partial charge in [0.15, 0.2) is 5.78 Å². The minimum atomic E-state index is -0.0786. The molecule has 0 aliphatic heterocycles. The Kier molecular flexibility index (Phi) is 3.00. The summed E-state index contributed by atoms with van der Waals surface area (Å²) in [5.41, 5.74) is 0.403. The summed E-state index contributed by atoms with van der Waals surface area (Å²) in [5, 5.41) is 4.00. The highest BCUT2D eigenvalue weighted by Crippen LogP contribution is 2.01. The van der Waals surface area contributed by atoms with E-state index >= 15 is 0 Å². The van der Waals surface area contributed by atoms with Gasteiger partial charge in [0, 0.05) is 12.7 Å². The third-order valence-corrected chi connectivity index (χ3v) is 2.18. The van der Waals surface area contributed by atoms with Crippen molar-refractivity contribution in [3.63, 3.8) is 0 Å². The highest BCUT2D eigenvalue weighted by Gasteiger charge is 2.12. The number of carbonyl (C=O) groups excluding carboxylic acids is 1. The maximum absolute atomic E-state index is 11.8. The summed E-state index contributed by atoms with van der Waals surface area (Å²) in [4.78, 5) is 23.5. The standard InChI is InChI=1S/C10H11N5O/c1-2-15-10(13-7-14-15)5-9(16)8-3-4-11-6-12-8/h3-4,6-7H,2,5H2,1H3. The first-order valence-electron chi connectivity index (χ1n) is 4.97. The molecular formula is C10H11N5O. The Bertz CT molecular complexity index is 479. The van der Waals surface area contributed by atoms with Gasteiger partial charge in [0.2, 0.25) is 0 Å². The second-order valence-corrected chi connectivity index (χ2v) is 3.19. The number of carbonyl (C=O) groups is 1. The molecule has 6 heteroatoms. The molecule has 2 aromatic heterocycles. The largest absolute Gasteiger partial charge is 0.292 e. The van der Waals surface area contributed by atoms with Crippen LogP contribution < -0.4 is 0 Å². The molecule has 0 aliphatic rings. The maximum atomic E-state index is 11.8. The van der Waals surface area contributed by atoms with Crippen molar-refractivity contribution in [2.75, 3.05) is 0 Å². The molecule has 0 radical (unpaired) electrons. The molecule has 2 aromatic rings. The average molecular weight is 217 g/mol. The Balaban J connectivity index is 2.14. The van der Waals surface area contributed by atoms with Crippen LogP contribution in [0.3, 0.4) is 0 Å². The lowest BCUT2D eigenvalue weighted by Crippen LogP contribution is -2.11. The van der Waals surface area contributed by atoms with Crippen LogP contribution in [0.15, 0.2) is 24.9 Å². The first-order valence-corrected chi connectivity index (χ1v) is 4.97. The van der Waals surface area contributed by atoms with E-state index in [1.54, 1.807) is 16.9 Å². The summed E-state index contributed by atoms with van der Waals surface area (Å²) in [5.74, 6) is 0.580. The number of hydrogen-bond acceptors (Lipinski definition) is 5. The predicted molar refractivity (Wildman–Crippen MR) is 55.8 cm³/mol. The van der Waals surface area contributed by atoms with E-state index in [0.29, 0.717) is 18.1 Å². The second kappa shape index (κ2) is 4.61. The van der Waals surface area contributed by atoms with Gasteiger partial charge in [-0.3, -0.25) is 4.79 Å². The molecule has 2 rings (SSSR count). The zero-order chi connectivity index (χ0) is 11.4. The summed E-state index contributed by atoms with van der Waals surface area (Å²) in [6, 6.07) is 1.59. The number of aryl methyl sites for hydroxylation is 1. The molecule has 0 fully saturated rings. The molecule has 0 unspecified atom stereocenters. The predicted octanol–water partition coefficient (Wildman–Crippen LogP) is 0.513. The minimum Gasteiger partial charge on any atom is -0.292 e. The van der Waals surface area contributed by atoms with Crippen LogP contribution in [-0.4, -0.2) is 30.5 Å². The van der Waals surface area contributed by atoms with E-state index in [2.05, 4.69) is 20.1 Å². The molecule has 0 N–H and O–H groups in total. The van der Waals surface area contributed by atoms with E-state index < -0.39 is 0 Å². The van der Waals surface area contributed by atoms with Crippen LogP contribution >= 0.6 is 0 Å². The van der Waals surface area contributed by atoms with Gasteiger partial charge in [-0.25, -0.2) is 19.6 Å². The van der Waals surface area contributed by atoms with Crippen molar-refractivity contribution < 1.29 is 4.79 Å². The molecule has 0 aliphatic carbocycles. The molecule has 0 bridgehead atoms. The summed E-state index contributed by atoms with van der Waals surface area (Å²) in [6.45, 7) is 2.65. The van der Waals surface area contributed by atoms with Crippen LogP contribution in [-0.2, 0) is 13.0 Å². The summed E-state index contributed by atoms with van der Waals surface area (Å²) in [7, 11) is 0. The highest BCUT2D eigenvalue weighted by molar-refractivity contribution is 5.95. The van der Waals surface area contributed by atoms with Gasteiger partial charge in [0.1, 0.15) is 24.2 Å². The third kappa shape index (κ3) is 2.10. The smallest absolute Gasteiger partial charge is 0.188 e. The minimum absolute atomic E-state index is 0.0786. The fraction of sp³-hybridized carbons (Fsp3) is 0.300. The van der Waals surface area contributed by atoms with Gasteiger partial charge in [-0.15, -0.1) is 0 Å². The van der Waals surface area contributed by atoms with Crippen molar-refractivity contribution in [3.05, 3.63) is 36.4 Å². The Hall–Kier alpha value is -2.11. The molecule has 0 atom stereocenters. The van der Waals surface area contributed by atoms with Crippen molar-refractivity contribution in [2.24, 2.45) is 0 Å². The summed E-state index contributed by atoms with van der Waals surface area (Å²) in [6.07, 6.45) is 4.57. The van der Waals surface area contributed by atoms with Gasteiger partial charge < -0.3 is 0 Å². The average Bonchev–Trinajstić information content (AvgIpc) is 2.77. The highest BCUT2D eigenvalue weighted by atomic mass is 16.1. The summed E-state index contributed by atoms with van der Waals surface area (Å²) >= 11 is 0. The van der Waals surface area contributed by atoms with Crippen LogP contribution in [0.5, 0.6) is 0 Å². The van der Waals surface area contributed by atoms with Gasteiger partial charge in [0.05, 0.1) is 6.42 Å². The molecule has 0 spiro atoms. The number of ketones is 1. The number of nitrogens with zero attached hydrogens (tertiary/aromatic N) is 5. The van der Waals surface area contributed by atoms with Crippen LogP contribution in [0.25, 0.3) is 0 Å². The lowest BCUT2D eigenvalue weighted by atomic mass is 10.2. The van der Waals surface area contributed by atoms with Crippen molar-refractivity contribution in [3.8, 4) is 0 Å². The van der Waals surface area contributed by atoms with Crippen molar-refractivity contribution >= 4 is 5.78 Å². The quantitative estimate of drug-likeness (QED) is 0.698. The topological polar surface area (TPSA) is 73.6 Å². The van der Waals surface area contributed by atoms with Crippen molar-refractivity contribution in [1.29, 1.82) is 0 Å². The molecule has 0 aromatic carbocycles. The molecule has 0 saturated heterocycles. The van der Waals surface area contributed by atoms with E-state index in [-0.39, 0.29) is 12.2 Å². The van der Waals surface area contributed by atoms with E-state index in [1.165, 1.54) is 12.7 Å². The van der Waals surface area contributed by atoms with Gasteiger partial charge in [0.25, 0.3) is 0 Å². The molecule has 6 nitrogen and oxygen atoms in total. The molecule has 82 valence electrons. The second-order valence-electron chi connectivity index (χ2n) is 3.19. The molecular weight excluding hydrogens is 206 g/mol.